The Morgan fingerprint density at radius 3 is 2.29 bits per heavy atom. The first-order chi connectivity index (χ1) is 8.13. The fourth-order valence-electron chi connectivity index (χ4n) is 1.44. The van der Waals surface area contributed by atoms with E-state index in [1.165, 1.54) is 7.11 Å². The molecule has 1 rings (SSSR count). The summed E-state index contributed by atoms with van der Waals surface area (Å²) in [7, 11) is 1.18. The zero-order valence-corrected chi connectivity index (χ0v) is 9.25. The summed E-state index contributed by atoms with van der Waals surface area (Å²) in [6.07, 6.45) is 0. The second-order valence-corrected chi connectivity index (χ2v) is 3.40. The van der Waals surface area contributed by atoms with E-state index in [4.69, 9.17) is 16.3 Å². The first-order valence-corrected chi connectivity index (χ1v) is 4.86. The van der Waals surface area contributed by atoms with Crippen molar-refractivity contribution in [3.05, 3.63) is 29.8 Å². The van der Waals surface area contributed by atoms with Crippen LogP contribution >= 0.6 is 0 Å². The number of hydrogen-bond acceptors (Lipinski definition) is 5. The molecule has 0 aliphatic heterocycles. The average Bonchev–Trinajstić information content (AvgIpc) is 2.36. The molecule has 0 heterocycles. The molecule has 0 amide bonds. The molecule has 2 atom stereocenters. The summed E-state index contributed by atoms with van der Waals surface area (Å²) in [6.45, 7) is 0. The van der Waals surface area contributed by atoms with Crippen molar-refractivity contribution in [2.24, 2.45) is 5.92 Å². The number of benzene rings is 1. The molecule has 0 fully saturated rings. The van der Waals surface area contributed by atoms with Crippen LogP contribution < -0.4 is 5.73 Å². The lowest BCUT2D eigenvalue weighted by Gasteiger charge is -2.13. The first kappa shape index (κ1) is 12.5. The number of methoxy groups -OCH3 is 1. The summed E-state index contributed by atoms with van der Waals surface area (Å²) in [5.41, 5.74) is 6.64. The Labute approximate surface area is 99.0 Å². The van der Waals surface area contributed by atoms with E-state index < -0.39 is 17.8 Å². The summed E-state index contributed by atoms with van der Waals surface area (Å²) in [4.78, 5) is 11.4. The second-order valence-electron chi connectivity index (χ2n) is 3.40. The highest BCUT2D eigenvalue weighted by atomic mass is 16.5. The van der Waals surface area contributed by atoms with Gasteiger partial charge in [-0.05, 0) is 17.7 Å². The quantitative estimate of drug-likeness (QED) is 0.619. The van der Waals surface area contributed by atoms with Crippen molar-refractivity contribution in [1.29, 1.82) is 10.5 Å². The van der Waals surface area contributed by atoms with Crippen molar-refractivity contribution in [1.82, 2.24) is 0 Å². The third kappa shape index (κ3) is 2.73. The Balaban J connectivity index is 3.07. The summed E-state index contributed by atoms with van der Waals surface area (Å²) >= 11 is 0. The van der Waals surface area contributed by atoms with Crippen LogP contribution in [0, 0.1) is 28.6 Å². The van der Waals surface area contributed by atoms with E-state index in [9.17, 15) is 4.79 Å². The Hall–Kier alpha value is -2.53. The van der Waals surface area contributed by atoms with Gasteiger partial charge in [0.25, 0.3) is 0 Å². The molecule has 1 aromatic carbocycles. The Morgan fingerprint density at radius 2 is 1.88 bits per heavy atom. The molecule has 0 saturated carbocycles. The molecule has 17 heavy (non-hydrogen) atoms. The third-order valence-corrected chi connectivity index (χ3v) is 2.36. The van der Waals surface area contributed by atoms with Crippen LogP contribution in [0.5, 0.6) is 0 Å². The number of ether oxygens (including phenoxy) is 1. The standard InChI is InChI=1S/C12H11N3O2/c1-17-12(16)11(7-14)10(6-13)8-2-4-9(15)5-3-8/h2-5,10-11H,15H2,1H3. The van der Waals surface area contributed by atoms with Gasteiger partial charge in [-0.2, -0.15) is 10.5 Å². The lowest BCUT2D eigenvalue weighted by molar-refractivity contribution is -0.143. The molecule has 0 saturated heterocycles. The van der Waals surface area contributed by atoms with Gasteiger partial charge < -0.3 is 10.5 Å². The van der Waals surface area contributed by atoms with Gasteiger partial charge in [0.2, 0.25) is 0 Å². The number of nitrogen functional groups attached to an aromatic ring is 1. The molecule has 0 aliphatic carbocycles. The Bertz CT molecular complexity index is 482. The number of carbonyl (C=O) groups excluding carboxylic acids is 1. The molecule has 86 valence electrons. The van der Waals surface area contributed by atoms with Crippen LogP contribution in [0.25, 0.3) is 0 Å². The lowest BCUT2D eigenvalue weighted by atomic mass is 9.88. The molecular weight excluding hydrogens is 218 g/mol. The normalized spacial score (nSPS) is 12.9. The highest BCUT2D eigenvalue weighted by molar-refractivity contribution is 5.77. The van der Waals surface area contributed by atoms with Gasteiger partial charge in [0.15, 0.2) is 5.92 Å². The van der Waals surface area contributed by atoms with Crippen LogP contribution in [-0.2, 0) is 9.53 Å². The van der Waals surface area contributed by atoms with E-state index >= 15 is 0 Å². The molecule has 1 aromatic rings. The molecule has 0 aliphatic rings. The van der Waals surface area contributed by atoms with Crippen molar-refractivity contribution in [3.8, 4) is 12.1 Å². The molecule has 0 aromatic heterocycles. The van der Waals surface area contributed by atoms with Crippen LogP contribution in [-0.4, -0.2) is 13.1 Å². The molecule has 5 heteroatoms. The SMILES string of the molecule is COC(=O)C(C#N)C(C#N)c1ccc(N)cc1. The maximum absolute atomic E-state index is 11.4. The van der Waals surface area contributed by atoms with Crippen molar-refractivity contribution in [2.75, 3.05) is 12.8 Å². The lowest BCUT2D eigenvalue weighted by Crippen LogP contribution is -2.21. The molecule has 2 N–H and O–H groups in total. The molecule has 5 nitrogen and oxygen atoms in total. The minimum atomic E-state index is -1.13. The number of anilines is 1. The predicted molar refractivity (Wildman–Crippen MR) is 60.3 cm³/mol. The van der Waals surface area contributed by atoms with Crippen molar-refractivity contribution in [3.63, 3.8) is 0 Å². The Morgan fingerprint density at radius 1 is 1.29 bits per heavy atom. The Kier molecular flexibility index (Phi) is 4.08. The van der Waals surface area contributed by atoms with Gasteiger partial charge in [0, 0.05) is 5.69 Å². The maximum atomic E-state index is 11.4. The predicted octanol–water partition coefficient (Wildman–Crippen LogP) is 1.19. The molecular formula is C12H11N3O2. The van der Waals surface area contributed by atoms with E-state index in [0.717, 1.165) is 0 Å². The molecule has 0 spiro atoms. The van der Waals surface area contributed by atoms with E-state index in [2.05, 4.69) is 4.74 Å². The average molecular weight is 229 g/mol. The maximum Gasteiger partial charge on any atom is 0.324 e. The third-order valence-electron chi connectivity index (χ3n) is 2.36. The zero-order chi connectivity index (χ0) is 12.8. The number of carbonyl (C=O) groups is 1. The summed E-state index contributed by atoms with van der Waals surface area (Å²) in [5, 5.41) is 18.0. The van der Waals surface area contributed by atoms with E-state index in [1.54, 1.807) is 30.3 Å². The fourth-order valence-corrected chi connectivity index (χ4v) is 1.44. The van der Waals surface area contributed by atoms with Crippen LogP contribution in [0.1, 0.15) is 11.5 Å². The summed E-state index contributed by atoms with van der Waals surface area (Å²) < 4.78 is 4.49. The first-order valence-electron chi connectivity index (χ1n) is 4.86. The number of nitrogens with two attached hydrogens (primary N) is 1. The highest BCUT2D eigenvalue weighted by Gasteiger charge is 2.30. The van der Waals surface area contributed by atoms with Crippen molar-refractivity contribution < 1.29 is 9.53 Å². The smallest absolute Gasteiger partial charge is 0.324 e. The highest BCUT2D eigenvalue weighted by Crippen LogP contribution is 2.25. The zero-order valence-electron chi connectivity index (χ0n) is 9.25. The van der Waals surface area contributed by atoms with Gasteiger partial charge in [-0.15, -0.1) is 0 Å². The van der Waals surface area contributed by atoms with Crippen molar-refractivity contribution in [2.45, 2.75) is 5.92 Å². The van der Waals surface area contributed by atoms with E-state index in [-0.39, 0.29) is 0 Å². The number of esters is 1. The number of rotatable bonds is 3. The topological polar surface area (TPSA) is 99.9 Å². The number of nitrogens with zero attached hydrogens (tertiary/aromatic N) is 2. The number of hydrogen-bond donors (Lipinski definition) is 1. The molecule has 0 bridgehead atoms. The molecule has 2 unspecified atom stereocenters. The van der Waals surface area contributed by atoms with Gasteiger partial charge in [-0.1, -0.05) is 12.1 Å². The van der Waals surface area contributed by atoms with Crippen LogP contribution in [0.4, 0.5) is 5.69 Å². The summed E-state index contributed by atoms with van der Waals surface area (Å²) in [5.74, 6) is -2.70. The minimum Gasteiger partial charge on any atom is -0.468 e. The summed E-state index contributed by atoms with van der Waals surface area (Å²) in [6, 6.07) is 10.2. The van der Waals surface area contributed by atoms with Gasteiger partial charge in [0.1, 0.15) is 0 Å². The second kappa shape index (κ2) is 5.53. The van der Waals surface area contributed by atoms with E-state index in [0.29, 0.717) is 11.3 Å². The van der Waals surface area contributed by atoms with Gasteiger partial charge in [0.05, 0.1) is 25.2 Å². The molecule has 0 radical (unpaired) electrons. The van der Waals surface area contributed by atoms with Gasteiger partial charge in [-0.3, -0.25) is 4.79 Å². The fraction of sp³-hybridized carbons (Fsp3) is 0.250. The van der Waals surface area contributed by atoms with Crippen LogP contribution in [0.3, 0.4) is 0 Å². The number of nitriles is 2. The van der Waals surface area contributed by atoms with Crippen LogP contribution in [0.2, 0.25) is 0 Å². The van der Waals surface area contributed by atoms with E-state index in [1.807, 2.05) is 6.07 Å². The largest absolute Gasteiger partial charge is 0.468 e. The van der Waals surface area contributed by atoms with Gasteiger partial charge in [-0.25, -0.2) is 0 Å². The van der Waals surface area contributed by atoms with Gasteiger partial charge >= 0.3 is 5.97 Å². The monoisotopic (exact) mass is 229 g/mol. The minimum absolute atomic E-state index is 0.553. The van der Waals surface area contributed by atoms with Crippen molar-refractivity contribution >= 4 is 11.7 Å². The van der Waals surface area contributed by atoms with Crippen LogP contribution in [0.15, 0.2) is 24.3 Å².